The van der Waals surface area contributed by atoms with E-state index in [1.807, 2.05) is 0 Å². The van der Waals surface area contributed by atoms with E-state index in [4.69, 9.17) is 17.3 Å². The molecule has 0 aliphatic rings. The lowest BCUT2D eigenvalue weighted by Crippen LogP contribution is -2.16. The molecule has 0 atom stereocenters. The molecule has 1 aromatic carbocycles. The summed E-state index contributed by atoms with van der Waals surface area (Å²) in [6.07, 6.45) is 1.47. The summed E-state index contributed by atoms with van der Waals surface area (Å²) in [6.45, 7) is 1.99. The Hall–Kier alpha value is -1.63. The van der Waals surface area contributed by atoms with Crippen molar-refractivity contribution in [2.45, 2.75) is 18.4 Å². The van der Waals surface area contributed by atoms with Crippen LogP contribution in [0.25, 0.3) is 0 Å². The summed E-state index contributed by atoms with van der Waals surface area (Å²) in [5, 5.41) is 0.240. The van der Waals surface area contributed by atoms with E-state index in [2.05, 4.69) is 9.71 Å². The molecule has 0 bridgehead atoms. The number of aryl methyl sites for hydroxylation is 1. The van der Waals surface area contributed by atoms with Gasteiger partial charge in [-0.1, -0.05) is 23.7 Å². The smallest absolute Gasteiger partial charge is 0.263 e. The lowest BCUT2D eigenvalue weighted by atomic mass is 10.1. The SMILES string of the molecule is Cc1ccc(CN)cc1S(=O)(=O)Nc1ncccc1Cl. The zero-order valence-electron chi connectivity index (χ0n) is 10.8. The van der Waals surface area contributed by atoms with Crippen molar-refractivity contribution in [2.24, 2.45) is 5.73 Å². The molecule has 0 aliphatic heterocycles. The highest BCUT2D eigenvalue weighted by Gasteiger charge is 2.19. The fourth-order valence-electron chi connectivity index (χ4n) is 1.70. The molecule has 0 saturated heterocycles. The van der Waals surface area contributed by atoms with Gasteiger partial charge in [0, 0.05) is 12.7 Å². The van der Waals surface area contributed by atoms with Crippen LogP contribution in [0.5, 0.6) is 0 Å². The molecule has 0 amide bonds. The molecule has 3 N–H and O–H groups in total. The van der Waals surface area contributed by atoms with Crippen LogP contribution in [0.15, 0.2) is 41.4 Å². The molecule has 0 unspecified atom stereocenters. The van der Waals surface area contributed by atoms with Gasteiger partial charge in [-0.2, -0.15) is 0 Å². The average Bonchev–Trinajstić information content (AvgIpc) is 2.41. The molecular formula is C13H14ClN3O2S. The van der Waals surface area contributed by atoms with E-state index in [-0.39, 0.29) is 22.3 Å². The Morgan fingerprint density at radius 2 is 2.10 bits per heavy atom. The number of rotatable bonds is 4. The first-order valence-electron chi connectivity index (χ1n) is 5.87. The highest BCUT2D eigenvalue weighted by molar-refractivity contribution is 7.92. The maximum absolute atomic E-state index is 12.4. The van der Waals surface area contributed by atoms with Gasteiger partial charge in [-0.3, -0.25) is 4.72 Å². The van der Waals surface area contributed by atoms with Crippen molar-refractivity contribution in [3.05, 3.63) is 52.7 Å². The molecule has 0 aliphatic carbocycles. The van der Waals surface area contributed by atoms with Gasteiger partial charge >= 0.3 is 0 Å². The van der Waals surface area contributed by atoms with Crippen molar-refractivity contribution in [2.75, 3.05) is 4.72 Å². The monoisotopic (exact) mass is 311 g/mol. The summed E-state index contributed by atoms with van der Waals surface area (Å²) in [4.78, 5) is 4.08. The fourth-order valence-corrected chi connectivity index (χ4v) is 3.25. The third-order valence-corrected chi connectivity index (χ3v) is 4.55. The molecule has 0 spiro atoms. The van der Waals surface area contributed by atoms with Gasteiger partial charge in [-0.05, 0) is 36.2 Å². The molecule has 2 rings (SSSR count). The number of sulfonamides is 1. The van der Waals surface area contributed by atoms with Crippen LogP contribution >= 0.6 is 11.6 Å². The molecule has 20 heavy (non-hydrogen) atoms. The normalized spacial score (nSPS) is 11.3. The summed E-state index contributed by atoms with van der Waals surface area (Å²) in [5.41, 5.74) is 6.91. The van der Waals surface area contributed by atoms with Gasteiger partial charge in [0.2, 0.25) is 0 Å². The molecule has 7 heteroatoms. The van der Waals surface area contributed by atoms with Crippen LogP contribution in [0.1, 0.15) is 11.1 Å². The van der Waals surface area contributed by atoms with E-state index in [0.717, 1.165) is 5.56 Å². The number of nitrogens with two attached hydrogens (primary N) is 1. The second-order valence-corrected chi connectivity index (χ2v) is 6.30. The third-order valence-electron chi connectivity index (χ3n) is 2.77. The van der Waals surface area contributed by atoms with Gasteiger partial charge in [-0.15, -0.1) is 0 Å². The van der Waals surface area contributed by atoms with Crippen LogP contribution < -0.4 is 10.5 Å². The van der Waals surface area contributed by atoms with Crippen LogP contribution in [0.3, 0.4) is 0 Å². The van der Waals surface area contributed by atoms with Gasteiger partial charge in [0.05, 0.1) is 9.92 Å². The fraction of sp³-hybridized carbons (Fsp3) is 0.154. The number of aromatic nitrogens is 1. The number of anilines is 1. The van der Waals surface area contributed by atoms with Gasteiger partial charge < -0.3 is 5.73 Å². The predicted octanol–water partition coefficient (Wildman–Crippen LogP) is 2.30. The first-order valence-corrected chi connectivity index (χ1v) is 7.73. The van der Waals surface area contributed by atoms with Crippen LogP contribution in [-0.2, 0) is 16.6 Å². The highest BCUT2D eigenvalue weighted by Crippen LogP contribution is 2.23. The molecule has 1 heterocycles. The zero-order chi connectivity index (χ0) is 14.8. The summed E-state index contributed by atoms with van der Waals surface area (Å²) >= 11 is 5.91. The minimum absolute atomic E-state index is 0.103. The predicted molar refractivity (Wildman–Crippen MR) is 79.1 cm³/mol. The lowest BCUT2D eigenvalue weighted by molar-refractivity contribution is 0.600. The van der Waals surface area contributed by atoms with Crippen molar-refractivity contribution < 1.29 is 8.42 Å². The second-order valence-electron chi connectivity index (χ2n) is 4.24. The Morgan fingerprint density at radius 1 is 1.35 bits per heavy atom. The lowest BCUT2D eigenvalue weighted by Gasteiger charge is -2.11. The number of halogens is 1. The van der Waals surface area contributed by atoms with E-state index in [0.29, 0.717) is 5.56 Å². The Balaban J connectivity index is 2.43. The number of nitrogens with one attached hydrogen (secondary N) is 1. The third kappa shape index (κ3) is 3.09. The van der Waals surface area contributed by atoms with Gasteiger partial charge in [0.15, 0.2) is 5.82 Å². The summed E-state index contributed by atoms with van der Waals surface area (Å²) < 4.78 is 27.2. The van der Waals surface area contributed by atoms with E-state index in [9.17, 15) is 8.42 Å². The van der Waals surface area contributed by atoms with Crippen LogP contribution in [-0.4, -0.2) is 13.4 Å². The molecule has 5 nitrogen and oxygen atoms in total. The molecule has 0 fully saturated rings. The first-order chi connectivity index (χ1) is 9.44. The quantitative estimate of drug-likeness (QED) is 0.907. The zero-order valence-corrected chi connectivity index (χ0v) is 12.4. The Kier molecular flexibility index (Phi) is 4.27. The van der Waals surface area contributed by atoms with Crippen molar-refractivity contribution in [3.8, 4) is 0 Å². The van der Waals surface area contributed by atoms with Crippen LogP contribution in [0.2, 0.25) is 5.02 Å². The first kappa shape index (κ1) is 14.8. The van der Waals surface area contributed by atoms with Crippen molar-refractivity contribution in [1.82, 2.24) is 4.98 Å². The van der Waals surface area contributed by atoms with Crippen molar-refractivity contribution >= 4 is 27.4 Å². The molecule has 0 saturated carbocycles. The topological polar surface area (TPSA) is 85.1 Å². The maximum Gasteiger partial charge on any atom is 0.263 e. The van der Waals surface area contributed by atoms with Gasteiger partial charge in [0.1, 0.15) is 0 Å². The van der Waals surface area contributed by atoms with E-state index in [1.54, 1.807) is 37.3 Å². The Labute approximate surface area is 122 Å². The summed E-state index contributed by atoms with van der Waals surface area (Å²) in [5.74, 6) is 0.103. The number of hydrogen-bond acceptors (Lipinski definition) is 4. The van der Waals surface area contributed by atoms with E-state index < -0.39 is 10.0 Å². The van der Waals surface area contributed by atoms with Crippen LogP contribution in [0, 0.1) is 6.92 Å². The largest absolute Gasteiger partial charge is 0.326 e. The molecule has 106 valence electrons. The molecule has 0 radical (unpaired) electrons. The van der Waals surface area contributed by atoms with Crippen molar-refractivity contribution in [1.29, 1.82) is 0 Å². The molecule has 2 aromatic rings. The van der Waals surface area contributed by atoms with Gasteiger partial charge in [-0.25, -0.2) is 13.4 Å². The Bertz CT molecular complexity index is 732. The number of pyridine rings is 1. The number of nitrogens with zero attached hydrogens (tertiary/aromatic N) is 1. The minimum atomic E-state index is -3.75. The maximum atomic E-state index is 12.4. The minimum Gasteiger partial charge on any atom is -0.326 e. The summed E-state index contributed by atoms with van der Waals surface area (Å²) in [7, 11) is -3.75. The Morgan fingerprint density at radius 3 is 2.75 bits per heavy atom. The van der Waals surface area contributed by atoms with E-state index in [1.165, 1.54) is 6.20 Å². The number of benzene rings is 1. The van der Waals surface area contributed by atoms with Crippen molar-refractivity contribution in [3.63, 3.8) is 0 Å². The second kappa shape index (κ2) is 5.78. The van der Waals surface area contributed by atoms with Gasteiger partial charge in [0.25, 0.3) is 10.0 Å². The highest BCUT2D eigenvalue weighted by atomic mass is 35.5. The standard InChI is InChI=1S/C13H14ClN3O2S/c1-9-4-5-10(8-15)7-12(9)20(18,19)17-13-11(14)3-2-6-16-13/h2-7H,8,15H2,1H3,(H,16,17). The molecule has 1 aromatic heterocycles. The summed E-state index contributed by atoms with van der Waals surface area (Å²) in [6, 6.07) is 8.25. The van der Waals surface area contributed by atoms with Crippen LogP contribution in [0.4, 0.5) is 5.82 Å². The molecular weight excluding hydrogens is 298 g/mol. The number of hydrogen-bond donors (Lipinski definition) is 2. The average molecular weight is 312 g/mol. The van der Waals surface area contributed by atoms with E-state index >= 15 is 0 Å².